The smallest absolute Gasteiger partial charge is 0.325 e. The summed E-state index contributed by atoms with van der Waals surface area (Å²) in [6.07, 6.45) is 0. The Morgan fingerprint density at radius 3 is 1.53 bits per heavy atom. The lowest BCUT2D eigenvalue weighted by Gasteiger charge is -2.18. The van der Waals surface area contributed by atoms with Gasteiger partial charge in [-0.3, -0.25) is 19.2 Å². The van der Waals surface area contributed by atoms with Crippen molar-refractivity contribution < 1.29 is 24.3 Å². The van der Waals surface area contributed by atoms with Gasteiger partial charge in [0.25, 0.3) is 0 Å². The molecule has 0 unspecified atom stereocenters. The van der Waals surface area contributed by atoms with Crippen molar-refractivity contribution in [2.45, 2.75) is 45.8 Å². The second kappa shape index (κ2) is 7.34. The van der Waals surface area contributed by atoms with E-state index in [-0.39, 0.29) is 5.91 Å². The normalized spacial score (nSPS) is 14.7. The summed E-state index contributed by atoms with van der Waals surface area (Å²) in [5.74, 6) is -2.67. The molecule has 0 saturated heterocycles. The van der Waals surface area contributed by atoms with E-state index in [2.05, 4.69) is 16.0 Å². The van der Waals surface area contributed by atoms with Crippen molar-refractivity contribution in [1.82, 2.24) is 16.0 Å². The van der Waals surface area contributed by atoms with Crippen LogP contribution in [-0.4, -0.2) is 46.9 Å². The first-order valence-electron chi connectivity index (χ1n) is 5.75. The molecule has 0 aromatic rings. The Morgan fingerprint density at radius 1 is 0.789 bits per heavy atom. The van der Waals surface area contributed by atoms with E-state index in [4.69, 9.17) is 5.11 Å². The third-order valence-corrected chi connectivity index (χ3v) is 2.29. The molecule has 0 aliphatic carbocycles. The lowest BCUT2D eigenvalue weighted by Crippen LogP contribution is -2.53. The molecule has 4 N–H and O–H groups in total. The van der Waals surface area contributed by atoms with Crippen molar-refractivity contribution in [2.75, 3.05) is 0 Å². The third-order valence-electron chi connectivity index (χ3n) is 2.29. The maximum Gasteiger partial charge on any atom is 0.325 e. The molecule has 0 aliphatic rings. The summed E-state index contributed by atoms with van der Waals surface area (Å²) in [7, 11) is 0. The highest BCUT2D eigenvalue weighted by Gasteiger charge is 2.22. The molecule has 0 aromatic carbocycles. The SMILES string of the molecule is CC(=O)N[C@@H](C)C(=O)N[C@H](C)C(=O)N[C@H](C)C(=O)O. The molecule has 0 bridgehead atoms. The number of aliphatic carboxylic acids is 1. The summed E-state index contributed by atoms with van der Waals surface area (Å²) in [5, 5.41) is 15.6. The number of nitrogens with one attached hydrogen (secondary N) is 3. The highest BCUT2D eigenvalue weighted by molar-refractivity contribution is 5.92. The first-order valence-corrected chi connectivity index (χ1v) is 5.75. The molecule has 0 aromatic heterocycles. The van der Waals surface area contributed by atoms with Gasteiger partial charge in [0.1, 0.15) is 18.1 Å². The van der Waals surface area contributed by atoms with Crippen LogP contribution in [0, 0.1) is 0 Å². The first-order chi connectivity index (χ1) is 8.65. The van der Waals surface area contributed by atoms with Gasteiger partial charge in [0.15, 0.2) is 0 Å². The van der Waals surface area contributed by atoms with E-state index in [1.54, 1.807) is 0 Å². The third kappa shape index (κ3) is 6.39. The van der Waals surface area contributed by atoms with E-state index in [0.717, 1.165) is 0 Å². The van der Waals surface area contributed by atoms with Crippen LogP contribution in [0.15, 0.2) is 0 Å². The van der Waals surface area contributed by atoms with Crippen LogP contribution >= 0.6 is 0 Å². The van der Waals surface area contributed by atoms with E-state index in [1.165, 1.54) is 27.7 Å². The number of amides is 3. The molecular formula is C11H19N3O5. The highest BCUT2D eigenvalue weighted by Crippen LogP contribution is 1.90. The number of carboxylic acids is 1. The number of carbonyl (C=O) groups is 4. The molecule has 0 rings (SSSR count). The lowest BCUT2D eigenvalue weighted by atomic mass is 10.2. The van der Waals surface area contributed by atoms with Crippen molar-refractivity contribution in [3.05, 3.63) is 0 Å². The minimum atomic E-state index is -1.17. The van der Waals surface area contributed by atoms with Crippen LogP contribution in [0.1, 0.15) is 27.7 Å². The van der Waals surface area contributed by atoms with E-state index < -0.39 is 35.9 Å². The zero-order valence-corrected chi connectivity index (χ0v) is 11.3. The number of rotatable bonds is 6. The van der Waals surface area contributed by atoms with Crippen LogP contribution in [0.2, 0.25) is 0 Å². The quantitative estimate of drug-likeness (QED) is 0.474. The molecule has 108 valence electrons. The van der Waals surface area contributed by atoms with E-state index in [9.17, 15) is 19.2 Å². The van der Waals surface area contributed by atoms with Crippen molar-refractivity contribution in [2.24, 2.45) is 0 Å². The van der Waals surface area contributed by atoms with Crippen molar-refractivity contribution in [3.63, 3.8) is 0 Å². The average molecular weight is 273 g/mol. The topological polar surface area (TPSA) is 125 Å². The molecule has 0 heterocycles. The Balaban J connectivity index is 4.32. The minimum Gasteiger partial charge on any atom is -0.480 e. The maximum absolute atomic E-state index is 11.6. The van der Waals surface area contributed by atoms with Crippen molar-refractivity contribution in [1.29, 1.82) is 0 Å². The van der Waals surface area contributed by atoms with Gasteiger partial charge in [0.05, 0.1) is 0 Å². The van der Waals surface area contributed by atoms with Gasteiger partial charge >= 0.3 is 5.97 Å². The summed E-state index contributed by atoms with van der Waals surface area (Å²) in [6.45, 7) is 5.48. The van der Waals surface area contributed by atoms with Gasteiger partial charge in [0.2, 0.25) is 17.7 Å². The molecule has 8 nitrogen and oxygen atoms in total. The molecule has 3 atom stereocenters. The molecule has 0 spiro atoms. The van der Waals surface area contributed by atoms with Gasteiger partial charge in [-0.15, -0.1) is 0 Å². The second-order valence-corrected chi connectivity index (χ2v) is 4.22. The van der Waals surface area contributed by atoms with E-state index in [0.29, 0.717) is 0 Å². The van der Waals surface area contributed by atoms with Gasteiger partial charge in [-0.2, -0.15) is 0 Å². The molecule has 0 radical (unpaired) electrons. The largest absolute Gasteiger partial charge is 0.480 e. The predicted molar refractivity (Wildman–Crippen MR) is 66.1 cm³/mol. The van der Waals surface area contributed by atoms with Crippen LogP contribution in [0.4, 0.5) is 0 Å². The summed E-state index contributed by atoms with van der Waals surface area (Å²) < 4.78 is 0. The van der Waals surface area contributed by atoms with Crippen LogP contribution < -0.4 is 16.0 Å². The summed E-state index contributed by atoms with van der Waals surface area (Å²) in [4.78, 5) is 44.5. The van der Waals surface area contributed by atoms with Gasteiger partial charge in [0, 0.05) is 6.92 Å². The summed E-state index contributed by atoms with van der Waals surface area (Å²) in [6, 6.07) is -2.71. The molecule has 0 aliphatic heterocycles. The molecule has 0 saturated carbocycles. The Hall–Kier alpha value is -2.12. The standard InChI is InChI=1S/C11H19N3O5/c1-5(12-8(4)15)9(16)13-6(2)10(17)14-7(3)11(18)19/h5-7H,1-4H3,(H,12,15)(H,13,16)(H,14,17)(H,18,19)/t5-,6+,7+/m0/s1. The fourth-order valence-electron chi connectivity index (χ4n) is 1.17. The first kappa shape index (κ1) is 16.9. The van der Waals surface area contributed by atoms with Crippen LogP contribution in [0.3, 0.4) is 0 Å². The van der Waals surface area contributed by atoms with E-state index in [1.807, 2.05) is 0 Å². The fraction of sp³-hybridized carbons (Fsp3) is 0.636. The number of hydrogen-bond donors (Lipinski definition) is 4. The number of hydrogen-bond acceptors (Lipinski definition) is 4. The lowest BCUT2D eigenvalue weighted by molar-refractivity contribution is -0.141. The van der Waals surface area contributed by atoms with Crippen LogP contribution in [0.5, 0.6) is 0 Å². The summed E-state index contributed by atoms with van der Waals surface area (Å²) >= 11 is 0. The highest BCUT2D eigenvalue weighted by atomic mass is 16.4. The van der Waals surface area contributed by atoms with Gasteiger partial charge in [-0.25, -0.2) is 0 Å². The Bertz CT molecular complexity index is 383. The molecule has 3 amide bonds. The maximum atomic E-state index is 11.6. The van der Waals surface area contributed by atoms with Gasteiger partial charge in [-0.05, 0) is 20.8 Å². The number of carboxylic acid groups (broad SMARTS) is 1. The van der Waals surface area contributed by atoms with E-state index >= 15 is 0 Å². The van der Waals surface area contributed by atoms with Crippen molar-refractivity contribution in [3.8, 4) is 0 Å². The molecule has 19 heavy (non-hydrogen) atoms. The zero-order valence-electron chi connectivity index (χ0n) is 11.3. The van der Waals surface area contributed by atoms with Crippen molar-refractivity contribution >= 4 is 23.7 Å². The Kier molecular flexibility index (Phi) is 6.53. The molecule has 8 heteroatoms. The zero-order chi connectivity index (χ0) is 15.2. The number of carbonyl (C=O) groups excluding carboxylic acids is 3. The molecular weight excluding hydrogens is 254 g/mol. The van der Waals surface area contributed by atoms with Gasteiger partial charge in [-0.1, -0.05) is 0 Å². The van der Waals surface area contributed by atoms with Crippen LogP contribution in [0.25, 0.3) is 0 Å². The summed E-state index contributed by atoms with van der Waals surface area (Å²) in [5.41, 5.74) is 0. The van der Waals surface area contributed by atoms with Gasteiger partial charge < -0.3 is 21.1 Å². The molecule has 0 fully saturated rings. The average Bonchev–Trinajstić information content (AvgIpc) is 2.27. The Morgan fingerprint density at radius 2 is 1.16 bits per heavy atom. The Labute approximate surface area is 110 Å². The predicted octanol–water partition coefficient (Wildman–Crippen LogP) is -1.39. The fourth-order valence-corrected chi connectivity index (χ4v) is 1.17. The monoisotopic (exact) mass is 273 g/mol. The van der Waals surface area contributed by atoms with Crippen LogP contribution in [-0.2, 0) is 19.2 Å². The minimum absolute atomic E-state index is 0.362. The second-order valence-electron chi connectivity index (χ2n) is 4.22.